The molecule has 1 saturated heterocycles. The van der Waals surface area contributed by atoms with Crippen molar-refractivity contribution in [1.82, 2.24) is 0 Å². The standard InChI is InChI=1S/C23H34O5/c1-3-4-5-6-7-8-9-10-17-26-23(27-18-21(24)19-28-23)16-15-20-11-13-22(25-2)14-12-20/h11-16H,3-10,17-19H2,1-2H3. The number of benzene rings is 1. The van der Waals surface area contributed by atoms with Crippen molar-refractivity contribution in [3.05, 3.63) is 35.9 Å². The van der Waals surface area contributed by atoms with Gasteiger partial charge in [0.05, 0.1) is 13.7 Å². The molecule has 0 amide bonds. The predicted molar refractivity (Wildman–Crippen MR) is 110 cm³/mol. The molecule has 0 bridgehead atoms. The van der Waals surface area contributed by atoms with Crippen LogP contribution >= 0.6 is 0 Å². The van der Waals surface area contributed by atoms with Crippen LogP contribution in [0.5, 0.6) is 5.75 Å². The maximum Gasteiger partial charge on any atom is 0.305 e. The van der Waals surface area contributed by atoms with Crippen LogP contribution < -0.4 is 4.74 Å². The zero-order valence-electron chi connectivity index (χ0n) is 17.3. The van der Waals surface area contributed by atoms with E-state index in [1.165, 1.54) is 38.5 Å². The van der Waals surface area contributed by atoms with Crippen LogP contribution in [0.15, 0.2) is 30.3 Å². The zero-order chi connectivity index (χ0) is 20.1. The van der Waals surface area contributed by atoms with E-state index in [0.717, 1.165) is 24.2 Å². The van der Waals surface area contributed by atoms with Gasteiger partial charge in [-0.15, -0.1) is 0 Å². The summed E-state index contributed by atoms with van der Waals surface area (Å²) < 4.78 is 22.3. The lowest BCUT2D eigenvalue weighted by molar-refractivity contribution is -0.356. The van der Waals surface area contributed by atoms with E-state index in [1.807, 2.05) is 30.3 Å². The lowest BCUT2D eigenvalue weighted by Gasteiger charge is -2.33. The van der Waals surface area contributed by atoms with E-state index in [-0.39, 0.29) is 19.0 Å². The first-order valence-corrected chi connectivity index (χ1v) is 10.4. The van der Waals surface area contributed by atoms with E-state index in [9.17, 15) is 4.79 Å². The highest BCUT2D eigenvalue weighted by Crippen LogP contribution is 2.24. The van der Waals surface area contributed by atoms with Crippen LogP contribution in [0.25, 0.3) is 6.08 Å². The van der Waals surface area contributed by atoms with Gasteiger partial charge in [0.15, 0.2) is 5.78 Å². The average Bonchev–Trinajstić information content (AvgIpc) is 2.73. The van der Waals surface area contributed by atoms with Crippen molar-refractivity contribution >= 4 is 11.9 Å². The maximum absolute atomic E-state index is 11.5. The van der Waals surface area contributed by atoms with E-state index < -0.39 is 5.97 Å². The van der Waals surface area contributed by atoms with E-state index in [4.69, 9.17) is 18.9 Å². The summed E-state index contributed by atoms with van der Waals surface area (Å²) in [5.41, 5.74) is 0.972. The zero-order valence-corrected chi connectivity index (χ0v) is 17.3. The molecule has 156 valence electrons. The van der Waals surface area contributed by atoms with E-state index in [1.54, 1.807) is 13.2 Å². The van der Waals surface area contributed by atoms with E-state index >= 15 is 0 Å². The Balaban J connectivity index is 1.80. The molecule has 1 aromatic rings. The second kappa shape index (κ2) is 12.7. The maximum atomic E-state index is 11.5. The van der Waals surface area contributed by atoms with Gasteiger partial charge in [-0.1, -0.05) is 70.1 Å². The average molecular weight is 391 g/mol. The highest BCUT2D eigenvalue weighted by molar-refractivity contribution is 5.81. The molecule has 0 radical (unpaired) electrons. The fraction of sp³-hybridized carbons (Fsp3) is 0.609. The van der Waals surface area contributed by atoms with Gasteiger partial charge in [0, 0.05) is 6.08 Å². The van der Waals surface area contributed by atoms with Crippen molar-refractivity contribution in [2.24, 2.45) is 0 Å². The molecule has 5 nitrogen and oxygen atoms in total. The molecule has 5 heteroatoms. The second-order valence-corrected chi connectivity index (χ2v) is 7.15. The number of ether oxygens (including phenoxy) is 4. The highest BCUT2D eigenvalue weighted by Gasteiger charge is 2.36. The summed E-state index contributed by atoms with van der Waals surface area (Å²) in [5.74, 6) is -0.563. The molecule has 1 aliphatic heterocycles. The van der Waals surface area contributed by atoms with Gasteiger partial charge in [-0.05, 0) is 24.1 Å². The smallest absolute Gasteiger partial charge is 0.305 e. The molecular formula is C23H34O5. The largest absolute Gasteiger partial charge is 0.497 e. The SMILES string of the molecule is CCCCCCCCCCOC1(C=Cc2ccc(OC)cc2)OCC(=O)CO1. The molecular weight excluding hydrogens is 356 g/mol. The number of rotatable bonds is 13. The van der Waals surface area contributed by atoms with Crippen molar-refractivity contribution in [2.45, 2.75) is 64.3 Å². The molecule has 0 unspecified atom stereocenters. The van der Waals surface area contributed by atoms with Gasteiger partial charge in [0.1, 0.15) is 19.0 Å². The number of carbonyl (C=O) groups excluding carboxylic acids is 1. The van der Waals surface area contributed by atoms with Crippen LogP contribution in [0.2, 0.25) is 0 Å². The molecule has 28 heavy (non-hydrogen) atoms. The molecule has 0 saturated carbocycles. The summed E-state index contributed by atoms with van der Waals surface area (Å²) in [7, 11) is 1.64. The minimum Gasteiger partial charge on any atom is -0.497 e. The van der Waals surface area contributed by atoms with Crippen LogP contribution in [0.3, 0.4) is 0 Å². The van der Waals surface area contributed by atoms with Crippen LogP contribution in [0, 0.1) is 0 Å². The lowest BCUT2D eigenvalue weighted by atomic mass is 10.1. The number of hydrogen-bond acceptors (Lipinski definition) is 5. The molecule has 0 spiro atoms. The summed E-state index contributed by atoms with van der Waals surface area (Å²) in [4.78, 5) is 11.5. The Morgan fingerprint density at radius 3 is 2.18 bits per heavy atom. The van der Waals surface area contributed by atoms with Crippen molar-refractivity contribution < 1.29 is 23.7 Å². The van der Waals surface area contributed by atoms with Gasteiger partial charge >= 0.3 is 5.97 Å². The third-order valence-corrected chi connectivity index (χ3v) is 4.77. The molecule has 0 aliphatic carbocycles. The van der Waals surface area contributed by atoms with Crippen molar-refractivity contribution in [1.29, 1.82) is 0 Å². The summed E-state index contributed by atoms with van der Waals surface area (Å²) in [6, 6.07) is 7.66. The monoisotopic (exact) mass is 390 g/mol. The molecule has 0 aromatic heterocycles. The summed E-state index contributed by atoms with van der Waals surface area (Å²) in [5, 5.41) is 0. The minimum absolute atomic E-state index is 0.00435. The Labute approximate surface area is 169 Å². The van der Waals surface area contributed by atoms with Gasteiger partial charge in [0.25, 0.3) is 0 Å². The Morgan fingerprint density at radius 2 is 1.57 bits per heavy atom. The molecule has 0 atom stereocenters. The topological polar surface area (TPSA) is 54.0 Å². The Hall–Kier alpha value is -1.69. The molecule has 1 fully saturated rings. The summed E-state index contributed by atoms with van der Waals surface area (Å²) in [6.07, 6.45) is 13.5. The molecule has 0 N–H and O–H groups in total. The van der Waals surface area contributed by atoms with Gasteiger partial charge < -0.3 is 18.9 Å². The first-order chi connectivity index (χ1) is 13.7. The highest BCUT2D eigenvalue weighted by atomic mass is 16.9. The minimum atomic E-state index is -1.28. The summed E-state index contributed by atoms with van der Waals surface area (Å²) in [6.45, 7) is 2.78. The van der Waals surface area contributed by atoms with Gasteiger partial charge in [-0.2, -0.15) is 0 Å². The van der Waals surface area contributed by atoms with Gasteiger partial charge in [-0.25, -0.2) is 0 Å². The van der Waals surface area contributed by atoms with Gasteiger partial charge in [0.2, 0.25) is 0 Å². The predicted octanol–water partition coefficient (Wildman–Crippen LogP) is 5.14. The summed E-state index contributed by atoms with van der Waals surface area (Å²) >= 11 is 0. The fourth-order valence-corrected chi connectivity index (χ4v) is 3.04. The van der Waals surface area contributed by atoms with Crippen LogP contribution in [0.4, 0.5) is 0 Å². The lowest BCUT2D eigenvalue weighted by Crippen LogP contribution is -2.45. The second-order valence-electron chi connectivity index (χ2n) is 7.15. The van der Waals surface area contributed by atoms with Crippen LogP contribution in [-0.2, 0) is 19.0 Å². The number of unbranched alkanes of at least 4 members (excludes halogenated alkanes) is 7. The Kier molecular flexibility index (Phi) is 10.3. The van der Waals surface area contributed by atoms with Crippen molar-refractivity contribution in [3.8, 4) is 5.75 Å². The molecule has 1 aromatic carbocycles. The number of carbonyl (C=O) groups is 1. The van der Waals surface area contributed by atoms with E-state index in [0.29, 0.717) is 6.61 Å². The molecule has 2 rings (SSSR count). The molecule has 1 aliphatic rings. The van der Waals surface area contributed by atoms with Crippen molar-refractivity contribution in [2.75, 3.05) is 26.9 Å². The van der Waals surface area contributed by atoms with Crippen LogP contribution in [0.1, 0.15) is 63.9 Å². The third kappa shape index (κ3) is 8.13. The number of methoxy groups -OCH3 is 1. The quantitative estimate of drug-likeness (QED) is 0.437. The Bertz CT molecular complexity index is 584. The third-order valence-electron chi connectivity index (χ3n) is 4.77. The van der Waals surface area contributed by atoms with Crippen molar-refractivity contribution in [3.63, 3.8) is 0 Å². The molecule has 1 heterocycles. The van der Waals surface area contributed by atoms with Crippen LogP contribution in [-0.4, -0.2) is 38.7 Å². The first kappa shape index (κ1) is 22.6. The normalized spacial score (nSPS) is 16.6. The fourth-order valence-electron chi connectivity index (χ4n) is 3.04. The Morgan fingerprint density at radius 1 is 0.964 bits per heavy atom. The number of hydrogen-bond donors (Lipinski definition) is 0. The first-order valence-electron chi connectivity index (χ1n) is 10.4. The van der Waals surface area contributed by atoms with E-state index in [2.05, 4.69) is 6.92 Å². The number of Topliss-reactive ketones (excluding diaryl/α,β-unsaturated/α-hetero) is 1. The number of ketones is 1. The van der Waals surface area contributed by atoms with Gasteiger partial charge in [-0.3, -0.25) is 4.79 Å².